The molecule has 0 aliphatic rings. The standard InChI is InChI=1S/C22H24N10O/c1-14-16(17-5-9-31(3)28-17)13-32-19(14)20(27-21(29-32)22-25-8-10-30(22)2)26-18-12-15(4-7-24-18)33-11-6-23/h4-5,7-10,12-13H,6,11,23H2,1-3H3,(H,24,26,27,29). The normalized spacial score (nSPS) is 11.3. The van der Waals surface area contributed by atoms with Gasteiger partial charge in [-0.1, -0.05) is 0 Å². The molecule has 11 nitrogen and oxygen atoms in total. The van der Waals surface area contributed by atoms with Crippen LogP contribution in [0, 0.1) is 6.92 Å². The Morgan fingerprint density at radius 3 is 2.70 bits per heavy atom. The summed E-state index contributed by atoms with van der Waals surface area (Å²) in [5.41, 5.74) is 9.21. The molecule has 0 fully saturated rings. The molecule has 0 radical (unpaired) electrons. The van der Waals surface area contributed by atoms with Crippen LogP contribution in [-0.2, 0) is 14.1 Å². The van der Waals surface area contributed by atoms with Crippen molar-refractivity contribution in [1.82, 2.24) is 38.9 Å². The summed E-state index contributed by atoms with van der Waals surface area (Å²) in [5.74, 6) is 3.00. The smallest absolute Gasteiger partial charge is 0.218 e. The fraction of sp³-hybridized carbons (Fsp3) is 0.227. The molecule has 0 saturated heterocycles. The molecule has 5 aromatic rings. The van der Waals surface area contributed by atoms with Crippen molar-refractivity contribution in [1.29, 1.82) is 0 Å². The molecular formula is C22H24N10O. The number of hydrogen-bond acceptors (Lipinski definition) is 8. The summed E-state index contributed by atoms with van der Waals surface area (Å²) in [4.78, 5) is 13.7. The maximum Gasteiger partial charge on any atom is 0.218 e. The van der Waals surface area contributed by atoms with Gasteiger partial charge in [0.15, 0.2) is 11.6 Å². The first-order valence-corrected chi connectivity index (χ1v) is 10.5. The Labute approximate surface area is 189 Å². The summed E-state index contributed by atoms with van der Waals surface area (Å²) in [6.45, 7) is 2.89. The van der Waals surface area contributed by atoms with E-state index in [1.807, 2.05) is 60.8 Å². The Morgan fingerprint density at radius 1 is 1.09 bits per heavy atom. The lowest BCUT2D eigenvalue weighted by Crippen LogP contribution is -2.11. The molecule has 0 unspecified atom stereocenters. The lowest BCUT2D eigenvalue weighted by molar-refractivity contribution is 0.328. The maximum atomic E-state index is 5.64. The number of hydrogen-bond donors (Lipinski definition) is 2. The SMILES string of the molecule is Cc1c(-c2ccn(C)n2)cn2nc(-c3nccn3C)nc(Nc3cc(OCCN)ccn3)c12. The van der Waals surface area contributed by atoms with Crippen molar-refractivity contribution < 1.29 is 4.74 Å². The third-order valence-electron chi connectivity index (χ3n) is 5.26. The minimum Gasteiger partial charge on any atom is -0.492 e. The van der Waals surface area contributed by atoms with Gasteiger partial charge in [0.2, 0.25) is 5.82 Å². The molecule has 11 heteroatoms. The fourth-order valence-electron chi connectivity index (χ4n) is 3.68. The number of fused-ring (bicyclic) bond motifs is 1. The van der Waals surface area contributed by atoms with Gasteiger partial charge in [-0.3, -0.25) is 4.68 Å². The zero-order valence-corrected chi connectivity index (χ0v) is 18.6. The second kappa shape index (κ2) is 8.36. The van der Waals surface area contributed by atoms with Crippen LogP contribution in [0.4, 0.5) is 11.6 Å². The van der Waals surface area contributed by atoms with E-state index in [1.54, 1.807) is 23.1 Å². The van der Waals surface area contributed by atoms with Crippen molar-refractivity contribution >= 4 is 17.2 Å². The van der Waals surface area contributed by atoms with Gasteiger partial charge in [0, 0.05) is 63.3 Å². The lowest BCUT2D eigenvalue weighted by Gasteiger charge is -2.11. The lowest BCUT2D eigenvalue weighted by atomic mass is 10.1. The Kier molecular flexibility index (Phi) is 5.23. The van der Waals surface area contributed by atoms with Gasteiger partial charge in [-0.2, -0.15) is 5.10 Å². The van der Waals surface area contributed by atoms with Crippen LogP contribution in [0.3, 0.4) is 0 Å². The number of aromatic nitrogens is 8. The predicted octanol–water partition coefficient (Wildman–Crippen LogP) is 2.31. The fourth-order valence-corrected chi connectivity index (χ4v) is 3.68. The van der Waals surface area contributed by atoms with E-state index in [0.29, 0.717) is 42.2 Å². The molecule has 0 amide bonds. The van der Waals surface area contributed by atoms with Gasteiger partial charge >= 0.3 is 0 Å². The zero-order chi connectivity index (χ0) is 22.9. The van der Waals surface area contributed by atoms with Gasteiger partial charge < -0.3 is 20.4 Å². The Balaban J connectivity index is 1.65. The van der Waals surface area contributed by atoms with Crippen molar-refractivity contribution in [3.05, 3.63) is 54.7 Å². The van der Waals surface area contributed by atoms with Gasteiger partial charge in [-0.25, -0.2) is 19.5 Å². The van der Waals surface area contributed by atoms with E-state index in [1.165, 1.54) is 0 Å². The van der Waals surface area contributed by atoms with E-state index in [2.05, 4.69) is 20.4 Å². The van der Waals surface area contributed by atoms with E-state index in [4.69, 9.17) is 20.6 Å². The highest BCUT2D eigenvalue weighted by Gasteiger charge is 2.19. The topological polar surface area (TPSA) is 126 Å². The average molecular weight is 445 g/mol. The van der Waals surface area contributed by atoms with Crippen molar-refractivity contribution in [2.24, 2.45) is 19.8 Å². The van der Waals surface area contributed by atoms with Crippen LogP contribution in [0.25, 0.3) is 28.4 Å². The second-order valence-corrected chi connectivity index (χ2v) is 7.62. The van der Waals surface area contributed by atoms with Gasteiger partial charge in [0.1, 0.15) is 23.7 Å². The molecule has 0 saturated carbocycles. The molecule has 0 atom stereocenters. The minimum absolute atomic E-state index is 0.426. The third kappa shape index (κ3) is 3.89. The highest BCUT2D eigenvalue weighted by atomic mass is 16.5. The van der Waals surface area contributed by atoms with E-state index < -0.39 is 0 Å². The van der Waals surface area contributed by atoms with Crippen LogP contribution in [-0.4, -0.2) is 52.1 Å². The molecule has 0 bridgehead atoms. The number of imidazole rings is 1. The maximum absolute atomic E-state index is 5.64. The number of nitrogens with two attached hydrogens (primary N) is 1. The molecule has 33 heavy (non-hydrogen) atoms. The van der Waals surface area contributed by atoms with Crippen LogP contribution >= 0.6 is 0 Å². The molecule has 0 aliphatic heterocycles. The minimum atomic E-state index is 0.426. The molecule has 5 rings (SSSR count). The highest BCUT2D eigenvalue weighted by Crippen LogP contribution is 2.32. The second-order valence-electron chi connectivity index (χ2n) is 7.62. The van der Waals surface area contributed by atoms with E-state index in [0.717, 1.165) is 22.3 Å². The Hall–Kier alpha value is -4.25. The quantitative estimate of drug-likeness (QED) is 0.392. The number of aryl methyl sites for hydroxylation is 3. The number of rotatable bonds is 7. The van der Waals surface area contributed by atoms with Crippen LogP contribution in [0.5, 0.6) is 5.75 Å². The average Bonchev–Trinajstić information content (AvgIpc) is 3.51. The molecule has 5 heterocycles. The van der Waals surface area contributed by atoms with E-state index in [9.17, 15) is 0 Å². The molecule has 0 aliphatic carbocycles. The van der Waals surface area contributed by atoms with Crippen molar-refractivity contribution in [3.8, 4) is 28.7 Å². The van der Waals surface area contributed by atoms with Crippen molar-refractivity contribution in [2.45, 2.75) is 6.92 Å². The van der Waals surface area contributed by atoms with Gasteiger partial charge in [0.05, 0.1) is 5.69 Å². The third-order valence-corrected chi connectivity index (χ3v) is 5.26. The van der Waals surface area contributed by atoms with Crippen LogP contribution < -0.4 is 15.8 Å². The monoisotopic (exact) mass is 444 g/mol. The van der Waals surface area contributed by atoms with Crippen molar-refractivity contribution in [3.63, 3.8) is 0 Å². The number of anilines is 2. The number of ether oxygens (including phenoxy) is 1. The summed E-state index contributed by atoms with van der Waals surface area (Å²) in [6, 6.07) is 5.58. The first-order chi connectivity index (χ1) is 16.0. The summed E-state index contributed by atoms with van der Waals surface area (Å²) < 4.78 is 11.1. The van der Waals surface area contributed by atoms with E-state index in [-0.39, 0.29) is 0 Å². The van der Waals surface area contributed by atoms with Gasteiger partial charge in [-0.15, -0.1) is 5.10 Å². The molecule has 3 N–H and O–H groups in total. The predicted molar refractivity (Wildman–Crippen MR) is 124 cm³/mol. The number of pyridine rings is 1. The van der Waals surface area contributed by atoms with Crippen LogP contribution in [0.2, 0.25) is 0 Å². The molecule has 0 aromatic carbocycles. The van der Waals surface area contributed by atoms with Crippen molar-refractivity contribution in [2.75, 3.05) is 18.5 Å². The first kappa shape index (κ1) is 20.6. The van der Waals surface area contributed by atoms with Gasteiger partial charge in [0.25, 0.3) is 0 Å². The number of nitrogens with one attached hydrogen (secondary N) is 1. The Bertz CT molecular complexity index is 1430. The Morgan fingerprint density at radius 2 is 1.97 bits per heavy atom. The molecule has 5 aromatic heterocycles. The van der Waals surface area contributed by atoms with Crippen LogP contribution in [0.1, 0.15) is 5.56 Å². The van der Waals surface area contributed by atoms with E-state index >= 15 is 0 Å². The summed E-state index contributed by atoms with van der Waals surface area (Å²) in [6.07, 6.45) is 9.13. The first-order valence-electron chi connectivity index (χ1n) is 10.5. The number of nitrogens with zero attached hydrogens (tertiary/aromatic N) is 8. The highest BCUT2D eigenvalue weighted by molar-refractivity contribution is 5.84. The molecular weight excluding hydrogens is 420 g/mol. The summed E-state index contributed by atoms with van der Waals surface area (Å²) in [5, 5.41) is 12.6. The molecule has 0 spiro atoms. The summed E-state index contributed by atoms with van der Waals surface area (Å²) in [7, 11) is 3.80. The molecule has 168 valence electrons. The zero-order valence-electron chi connectivity index (χ0n) is 18.6. The van der Waals surface area contributed by atoms with Gasteiger partial charge in [-0.05, 0) is 24.6 Å². The largest absolute Gasteiger partial charge is 0.492 e. The summed E-state index contributed by atoms with van der Waals surface area (Å²) >= 11 is 0. The van der Waals surface area contributed by atoms with Crippen LogP contribution in [0.15, 0.2) is 49.2 Å².